The van der Waals surface area contributed by atoms with Gasteiger partial charge >= 0.3 is 0 Å². The number of nitrogens with one attached hydrogen (secondary N) is 2. The summed E-state index contributed by atoms with van der Waals surface area (Å²) >= 11 is 0. The van der Waals surface area contributed by atoms with Crippen molar-refractivity contribution in [2.45, 2.75) is 33.1 Å². The number of aromatic amines is 1. The number of methoxy groups -OCH3 is 1. The lowest BCUT2D eigenvalue weighted by atomic mass is 10.0. The lowest BCUT2D eigenvalue weighted by Crippen LogP contribution is -2.27. The number of aryl methyl sites for hydroxylation is 3. The van der Waals surface area contributed by atoms with Crippen LogP contribution in [-0.4, -0.2) is 24.5 Å². The molecule has 3 aromatic rings. The van der Waals surface area contributed by atoms with Gasteiger partial charge in [0, 0.05) is 18.5 Å². The number of amides is 1. The second-order valence-corrected chi connectivity index (χ2v) is 7.05. The lowest BCUT2D eigenvalue weighted by Gasteiger charge is -2.09. The van der Waals surface area contributed by atoms with Gasteiger partial charge in [0.1, 0.15) is 5.75 Å². The highest BCUT2D eigenvalue weighted by molar-refractivity contribution is 5.83. The molecule has 28 heavy (non-hydrogen) atoms. The van der Waals surface area contributed by atoms with Crippen molar-refractivity contribution in [2.24, 2.45) is 0 Å². The summed E-state index contributed by atoms with van der Waals surface area (Å²) in [5.74, 6) is 0.769. The summed E-state index contributed by atoms with van der Waals surface area (Å²) in [6.07, 6.45) is 1.56. The molecule has 0 atom stereocenters. The van der Waals surface area contributed by atoms with Crippen molar-refractivity contribution in [3.8, 4) is 5.75 Å². The maximum Gasteiger partial charge on any atom is 0.251 e. The van der Waals surface area contributed by atoms with Crippen LogP contribution in [0.2, 0.25) is 0 Å². The van der Waals surface area contributed by atoms with Gasteiger partial charge in [-0.25, -0.2) is 0 Å². The summed E-state index contributed by atoms with van der Waals surface area (Å²) in [6.45, 7) is 4.48. The van der Waals surface area contributed by atoms with Crippen LogP contribution in [0.1, 0.15) is 28.7 Å². The Kier molecular flexibility index (Phi) is 6.14. The Bertz CT molecular complexity index is 1050. The molecule has 0 saturated carbocycles. The molecule has 0 saturated heterocycles. The number of ether oxygens (including phenoxy) is 1. The molecule has 5 nitrogen and oxygen atoms in total. The first-order valence-corrected chi connectivity index (χ1v) is 9.49. The molecule has 0 bridgehead atoms. The summed E-state index contributed by atoms with van der Waals surface area (Å²) in [6, 6.07) is 13.7. The summed E-state index contributed by atoms with van der Waals surface area (Å²) in [5.41, 5.74) is 4.78. The van der Waals surface area contributed by atoms with E-state index >= 15 is 0 Å². The van der Waals surface area contributed by atoms with Crippen LogP contribution in [0.4, 0.5) is 0 Å². The zero-order valence-electron chi connectivity index (χ0n) is 16.6. The van der Waals surface area contributed by atoms with Gasteiger partial charge in [-0.3, -0.25) is 9.59 Å². The highest BCUT2D eigenvalue weighted by Crippen LogP contribution is 2.19. The highest BCUT2D eigenvalue weighted by Gasteiger charge is 2.08. The Balaban J connectivity index is 1.55. The Morgan fingerprint density at radius 1 is 1.11 bits per heavy atom. The van der Waals surface area contributed by atoms with Crippen LogP contribution in [0.3, 0.4) is 0 Å². The van der Waals surface area contributed by atoms with Crippen molar-refractivity contribution in [3.05, 3.63) is 75.1 Å². The number of rotatable bonds is 7. The van der Waals surface area contributed by atoms with E-state index in [9.17, 15) is 9.59 Å². The topological polar surface area (TPSA) is 71.2 Å². The average molecular weight is 378 g/mol. The van der Waals surface area contributed by atoms with Crippen LogP contribution < -0.4 is 15.6 Å². The van der Waals surface area contributed by atoms with Crippen molar-refractivity contribution >= 4 is 16.8 Å². The Labute approximate surface area is 164 Å². The van der Waals surface area contributed by atoms with Gasteiger partial charge in [0.05, 0.1) is 12.6 Å². The fraction of sp³-hybridized carbons (Fsp3) is 0.304. The number of carbonyl (C=O) groups excluding carboxylic acids is 1. The third kappa shape index (κ3) is 4.60. The molecule has 0 radical (unpaired) electrons. The third-order valence-corrected chi connectivity index (χ3v) is 5.12. The van der Waals surface area contributed by atoms with Crippen molar-refractivity contribution in [1.82, 2.24) is 10.3 Å². The lowest BCUT2D eigenvalue weighted by molar-refractivity contribution is -0.121. The molecule has 5 heteroatoms. The minimum atomic E-state index is -0.0909. The van der Waals surface area contributed by atoms with Gasteiger partial charge in [0.2, 0.25) is 5.91 Å². The van der Waals surface area contributed by atoms with Gasteiger partial charge in [-0.2, -0.15) is 0 Å². The zero-order chi connectivity index (χ0) is 20.1. The molecular formula is C23H26N2O3. The molecule has 146 valence electrons. The van der Waals surface area contributed by atoms with Crippen molar-refractivity contribution in [2.75, 3.05) is 13.7 Å². The minimum Gasteiger partial charge on any atom is -0.497 e. The molecule has 2 aromatic carbocycles. The summed E-state index contributed by atoms with van der Waals surface area (Å²) in [5, 5.41) is 3.92. The van der Waals surface area contributed by atoms with E-state index in [-0.39, 0.29) is 11.5 Å². The quantitative estimate of drug-likeness (QED) is 0.662. The van der Waals surface area contributed by atoms with Crippen LogP contribution >= 0.6 is 0 Å². The molecular weight excluding hydrogens is 352 g/mol. The number of hydrogen-bond acceptors (Lipinski definition) is 3. The molecule has 3 rings (SSSR count). The molecule has 0 fully saturated rings. The predicted molar refractivity (Wildman–Crippen MR) is 112 cm³/mol. The van der Waals surface area contributed by atoms with E-state index in [1.54, 1.807) is 7.11 Å². The van der Waals surface area contributed by atoms with Crippen molar-refractivity contribution in [1.29, 1.82) is 0 Å². The van der Waals surface area contributed by atoms with E-state index in [1.165, 1.54) is 0 Å². The summed E-state index contributed by atoms with van der Waals surface area (Å²) in [7, 11) is 1.63. The second kappa shape index (κ2) is 8.74. The molecule has 1 aromatic heterocycles. The normalized spacial score (nSPS) is 10.8. The van der Waals surface area contributed by atoms with Gasteiger partial charge in [-0.05, 0) is 67.0 Å². The van der Waals surface area contributed by atoms with Crippen LogP contribution in [0.25, 0.3) is 10.9 Å². The number of H-pyrrole nitrogens is 1. The first-order valence-electron chi connectivity index (χ1n) is 9.49. The number of fused-ring (bicyclic) bond motifs is 1. The first kappa shape index (κ1) is 19.7. The molecule has 1 heterocycles. The molecule has 0 aliphatic rings. The number of carbonyl (C=O) groups is 1. The zero-order valence-corrected chi connectivity index (χ0v) is 16.6. The smallest absolute Gasteiger partial charge is 0.251 e. The SMILES string of the molecule is COc1cccc(CCC(=O)NCCc2cc3ccc(C)c(C)c3[nH]c2=O)c1. The fourth-order valence-electron chi connectivity index (χ4n) is 3.27. The standard InChI is InChI=1S/C23H26N2O3/c1-15-7-9-18-14-19(23(27)25-22(18)16(15)2)11-12-24-21(26)10-8-17-5-4-6-20(13-17)28-3/h4-7,9,13-14H,8,10-12H2,1-3H3,(H,24,26)(H,25,27). The predicted octanol–water partition coefficient (Wildman–Crippen LogP) is 3.45. The summed E-state index contributed by atoms with van der Waals surface area (Å²) < 4.78 is 5.20. The van der Waals surface area contributed by atoms with Crippen LogP contribution in [0.15, 0.2) is 47.3 Å². The van der Waals surface area contributed by atoms with E-state index in [0.717, 1.165) is 33.3 Å². The molecule has 2 N–H and O–H groups in total. The van der Waals surface area contributed by atoms with E-state index in [0.29, 0.717) is 31.4 Å². The number of hydrogen-bond donors (Lipinski definition) is 2. The third-order valence-electron chi connectivity index (χ3n) is 5.12. The number of pyridine rings is 1. The van der Waals surface area contributed by atoms with Crippen LogP contribution in [0, 0.1) is 13.8 Å². The number of aromatic nitrogens is 1. The highest BCUT2D eigenvalue weighted by atomic mass is 16.5. The molecule has 0 aliphatic heterocycles. The average Bonchev–Trinajstić information content (AvgIpc) is 2.70. The fourth-order valence-corrected chi connectivity index (χ4v) is 3.27. The van der Waals surface area contributed by atoms with Gasteiger partial charge < -0.3 is 15.0 Å². The van der Waals surface area contributed by atoms with Gasteiger partial charge in [-0.1, -0.05) is 24.3 Å². The molecule has 0 aliphatic carbocycles. The van der Waals surface area contributed by atoms with Crippen molar-refractivity contribution in [3.63, 3.8) is 0 Å². The monoisotopic (exact) mass is 378 g/mol. The molecule has 1 amide bonds. The first-order chi connectivity index (χ1) is 13.5. The maximum atomic E-state index is 12.4. The van der Waals surface area contributed by atoms with Gasteiger partial charge in [-0.15, -0.1) is 0 Å². The minimum absolute atomic E-state index is 0.0218. The Morgan fingerprint density at radius 2 is 1.93 bits per heavy atom. The molecule has 0 unspecified atom stereocenters. The van der Waals surface area contributed by atoms with Crippen LogP contribution in [-0.2, 0) is 17.6 Å². The molecule has 0 spiro atoms. The van der Waals surface area contributed by atoms with Gasteiger partial charge in [0.25, 0.3) is 5.56 Å². The Morgan fingerprint density at radius 3 is 2.71 bits per heavy atom. The van der Waals surface area contributed by atoms with E-state index in [2.05, 4.69) is 16.4 Å². The van der Waals surface area contributed by atoms with E-state index < -0.39 is 0 Å². The summed E-state index contributed by atoms with van der Waals surface area (Å²) in [4.78, 5) is 27.5. The van der Waals surface area contributed by atoms with Gasteiger partial charge in [0.15, 0.2) is 0 Å². The number of benzene rings is 2. The maximum absolute atomic E-state index is 12.4. The Hall–Kier alpha value is -3.08. The second-order valence-electron chi connectivity index (χ2n) is 7.05. The van der Waals surface area contributed by atoms with E-state index in [1.807, 2.05) is 50.2 Å². The largest absolute Gasteiger partial charge is 0.497 e. The van der Waals surface area contributed by atoms with Crippen molar-refractivity contribution < 1.29 is 9.53 Å². The van der Waals surface area contributed by atoms with Crippen LogP contribution in [0.5, 0.6) is 5.75 Å². The van der Waals surface area contributed by atoms with E-state index in [4.69, 9.17) is 4.74 Å².